The smallest absolute Gasteiger partial charge is 0.145 e. The molecule has 1 atom stereocenters. The van der Waals surface area contributed by atoms with Gasteiger partial charge in [-0.25, -0.2) is 0 Å². The van der Waals surface area contributed by atoms with Crippen molar-refractivity contribution in [2.75, 3.05) is 31.5 Å². The third-order valence-electron chi connectivity index (χ3n) is 1.84. The van der Waals surface area contributed by atoms with Crippen molar-refractivity contribution in [2.45, 2.75) is 0 Å². The number of rotatable bonds is 5. The summed E-state index contributed by atoms with van der Waals surface area (Å²) < 4.78 is 21.2. The summed E-state index contributed by atoms with van der Waals surface area (Å²) in [7, 11) is 0.720. The third kappa shape index (κ3) is 3.79. The number of hydrogen-bond acceptors (Lipinski definition) is 4. The summed E-state index contributed by atoms with van der Waals surface area (Å²) in [4.78, 5) is 0. The van der Waals surface area contributed by atoms with Gasteiger partial charge in [-0.3, -0.25) is 4.21 Å². The van der Waals surface area contributed by atoms with Crippen LogP contribution in [0.4, 0.5) is 5.69 Å². The highest BCUT2D eigenvalue weighted by Gasteiger charge is 2.01. The minimum Gasteiger partial charge on any atom is -0.494 e. The Labute approximate surface area is 91.8 Å². The Balaban J connectivity index is 2.58. The van der Waals surface area contributed by atoms with Gasteiger partial charge in [0.1, 0.15) is 11.5 Å². The topological polar surface area (TPSA) is 61.5 Å². The number of benzene rings is 1. The first-order valence-corrected chi connectivity index (χ1v) is 6.22. The van der Waals surface area contributed by atoms with Crippen LogP contribution in [0, 0.1) is 0 Å². The first-order valence-electron chi connectivity index (χ1n) is 4.50. The van der Waals surface area contributed by atoms with Gasteiger partial charge in [0.25, 0.3) is 0 Å². The third-order valence-corrected chi connectivity index (χ3v) is 2.59. The highest BCUT2D eigenvalue weighted by atomic mass is 32.2. The quantitative estimate of drug-likeness (QED) is 0.766. The lowest BCUT2D eigenvalue weighted by atomic mass is 10.3. The number of nitrogen functional groups attached to an aromatic ring is 1. The minimum atomic E-state index is -0.832. The summed E-state index contributed by atoms with van der Waals surface area (Å²) in [5.41, 5.74) is 6.22. The molecule has 0 bridgehead atoms. The van der Waals surface area contributed by atoms with E-state index in [9.17, 15) is 4.21 Å². The molecule has 84 valence electrons. The van der Waals surface area contributed by atoms with E-state index in [1.54, 1.807) is 31.6 Å². The molecule has 15 heavy (non-hydrogen) atoms. The maximum Gasteiger partial charge on any atom is 0.145 e. The van der Waals surface area contributed by atoms with Gasteiger partial charge in [-0.1, -0.05) is 0 Å². The molecule has 1 unspecified atom stereocenters. The van der Waals surface area contributed by atoms with Crippen molar-refractivity contribution in [1.82, 2.24) is 0 Å². The Kier molecular flexibility index (Phi) is 4.42. The van der Waals surface area contributed by atoms with Gasteiger partial charge < -0.3 is 15.2 Å². The van der Waals surface area contributed by atoms with Crippen molar-refractivity contribution in [1.29, 1.82) is 0 Å². The van der Waals surface area contributed by atoms with Gasteiger partial charge >= 0.3 is 0 Å². The van der Waals surface area contributed by atoms with E-state index < -0.39 is 10.8 Å². The van der Waals surface area contributed by atoms with Crippen LogP contribution in [0.25, 0.3) is 0 Å². The average molecular weight is 229 g/mol. The molecule has 0 aliphatic rings. The van der Waals surface area contributed by atoms with Crippen molar-refractivity contribution >= 4 is 16.5 Å². The van der Waals surface area contributed by atoms with Crippen LogP contribution in [-0.2, 0) is 10.8 Å². The molecule has 0 aromatic heterocycles. The number of hydrogen-bond donors (Lipinski definition) is 1. The van der Waals surface area contributed by atoms with E-state index in [1.807, 2.05) is 0 Å². The number of nitrogens with two attached hydrogens (primary N) is 1. The molecule has 0 fully saturated rings. The summed E-state index contributed by atoms with van der Waals surface area (Å²) in [6, 6.07) is 5.20. The lowest BCUT2D eigenvalue weighted by Gasteiger charge is -2.08. The Morgan fingerprint density at radius 2 is 2.20 bits per heavy atom. The average Bonchev–Trinajstić information content (AvgIpc) is 2.20. The van der Waals surface area contributed by atoms with Crippen LogP contribution >= 0.6 is 0 Å². The number of methoxy groups -OCH3 is 1. The van der Waals surface area contributed by atoms with E-state index in [0.29, 0.717) is 29.5 Å². The van der Waals surface area contributed by atoms with Crippen LogP contribution in [0.5, 0.6) is 11.5 Å². The predicted octanol–water partition coefficient (Wildman–Crippen LogP) is 1.03. The van der Waals surface area contributed by atoms with Gasteiger partial charge in [0.05, 0.1) is 25.2 Å². The number of ether oxygens (including phenoxy) is 2. The molecule has 0 saturated carbocycles. The maximum absolute atomic E-state index is 10.8. The lowest BCUT2D eigenvalue weighted by Crippen LogP contribution is -2.07. The van der Waals surface area contributed by atoms with Gasteiger partial charge in [-0.15, -0.1) is 0 Å². The van der Waals surface area contributed by atoms with Crippen LogP contribution in [-0.4, -0.2) is 29.9 Å². The van der Waals surface area contributed by atoms with Crippen molar-refractivity contribution < 1.29 is 13.7 Å². The van der Waals surface area contributed by atoms with Crippen molar-refractivity contribution in [3.8, 4) is 11.5 Å². The van der Waals surface area contributed by atoms with Crippen LogP contribution in [0.1, 0.15) is 0 Å². The Morgan fingerprint density at radius 1 is 1.47 bits per heavy atom. The Hall–Kier alpha value is -1.23. The molecule has 0 saturated heterocycles. The van der Waals surface area contributed by atoms with E-state index in [-0.39, 0.29) is 0 Å². The van der Waals surface area contributed by atoms with E-state index >= 15 is 0 Å². The summed E-state index contributed by atoms with van der Waals surface area (Å²) in [6.45, 7) is 0.427. The van der Waals surface area contributed by atoms with E-state index in [2.05, 4.69) is 0 Å². The van der Waals surface area contributed by atoms with Crippen molar-refractivity contribution in [2.24, 2.45) is 0 Å². The van der Waals surface area contributed by atoms with Gasteiger partial charge in [0.15, 0.2) is 0 Å². The minimum absolute atomic E-state index is 0.427. The molecule has 4 nitrogen and oxygen atoms in total. The van der Waals surface area contributed by atoms with Gasteiger partial charge in [0.2, 0.25) is 0 Å². The summed E-state index contributed by atoms with van der Waals surface area (Å²) in [5.74, 6) is 1.78. The van der Waals surface area contributed by atoms with Crippen molar-refractivity contribution in [3.05, 3.63) is 18.2 Å². The first-order chi connectivity index (χ1) is 7.13. The maximum atomic E-state index is 10.8. The normalized spacial score (nSPS) is 12.1. The molecule has 2 N–H and O–H groups in total. The van der Waals surface area contributed by atoms with Gasteiger partial charge in [0, 0.05) is 23.1 Å². The molecule has 0 aliphatic carbocycles. The van der Waals surface area contributed by atoms with Crippen LogP contribution in [0.2, 0.25) is 0 Å². The van der Waals surface area contributed by atoms with Gasteiger partial charge in [-0.05, 0) is 12.1 Å². The Bertz CT molecular complexity index is 355. The molecular weight excluding hydrogens is 214 g/mol. The molecular formula is C10H15NO3S. The molecule has 1 rings (SSSR count). The fourth-order valence-corrected chi connectivity index (χ4v) is 1.38. The second kappa shape index (κ2) is 5.60. The lowest BCUT2D eigenvalue weighted by molar-refractivity contribution is 0.339. The highest BCUT2D eigenvalue weighted by Crippen LogP contribution is 2.26. The number of anilines is 1. The molecule has 0 heterocycles. The second-order valence-electron chi connectivity index (χ2n) is 3.03. The van der Waals surface area contributed by atoms with E-state index in [0.717, 1.165) is 0 Å². The largest absolute Gasteiger partial charge is 0.494 e. The second-order valence-corrected chi connectivity index (χ2v) is 4.58. The monoisotopic (exact) mass is 229 g/mol. The molecule has 0 spiro atoms. The van der Waals surface area contributed by atoms with Crippen LogP contribution in [0.15, 0.2) is 18.2 Å². The van der Waals surface area contributed by atoms with Crippen LogP contribution < -0.4 is 15.2 Å². The molecule has 0 amide bonds. The van der Waals surface area contributed by atoms with Crippen molar-refractivity contribution in [3.63, 3.8) is 0 Å². The molecule has 1 aromatic carbocycles. The molecule has 5 heteroatoms. The highest BCUT2D eigenvalue weighted by molar-refractivity contribution is 7.84. The predicted molar refractivity (Wildman–Crippen MR) is 61.8 cm³/mol. The fraction of sp³-hybridized carbons (Fsp3) is 0.400. The van der Waals surface area contributed by atoms with E-state index in [1.165, 1.54) is 0 Å². The summed E-state index contributed by atoms with van der Waals surface area (Å²) >= 11 is 0. The SMILES string of the molecule is COc1cc(OCCS(C)=O)ccc1N. The van der Waals surface area contributed by atoms with Crippen LogP contribution in [0.3, 0.4) is 0 Å². The molecule has 0 radical (unpaired) electrons. The standard InChI is InChI=1S/C10H15NO3S/c1-13-10-7-8(3-4-9(10)11)14-5-6-15(2)12/h3-4,7H,5-6,11H2,1-2H3. The van der Waals surface area contributed by atoms with E-state index in [4.69, 9.17) is 15.2 Å². The summed E-state index contributed by atoms with van der Waals surface area (Å²) in [6.07, 6.45) is 1.65. The zero-order chi connectivity index (χ0) is 11.3. The fourth-order valence-electron chi connectivity index (χ4n) is 1.06. The molecule has 1 aromatic rings. The Morgan fingerprint density at radius 3 is 2.80 bits per heavy atom. The zero-order valence-electron chi connectivity index (χ0n) is 8.86. The first kappa shape index (κ1) is 11.8. The summed E-state index contributed by atoms with van der Waals surface area (Å²) in [5, 5.41) is 0. The molecule has 0 aliphatic heterocycles. The van der Waals surface area contributed by atoms with Gasteiger partial charge in [-0.2, -0.15) is 0 Å². The zero-order valence-corrected chi connectivity index (χ0v) is 9.67.